The summed E-state index contributed by atoms with van der Waals surface area (Å²) >= 11 is 1.68. The molecule has 35 heavy (non-hydrogen) atoms. The Bertz CT molecular complexity index is 1480. The smallest absolute Gasteiger partial charge is 0.308 e. The standard InChI is InChI=1S/C27H26N4O3S/c1-14-12-20(32)10-11-21(14)18-6-8-19(9-7-18)25-24-15(2)16(3)35-27(24)31-17(4)29-30-26(31)22(28-25)13-23(33)34-5/h6-12,22,32H,13H2,1-5H3/t22-/m0/s1. The molecule has 4 aromatic rings. The Balaban J connectivity index is 1.67. The molecular weight excluding hydrogens is 460 g/mol. The molecule has 5 rings (SSSR count). The molecule has 0 spiro atoms. The third-order valence-corrected chi connectivity index (χ3v) is 7.70. The highest BCUT2D eigenvalue weighted by Gasteiger charge is 2.32. The second kappa shape index (κ2) is 8.78. The van der Waals surface area contributed by atoms with Crippen molar-refractivity contribution in [1.82, 2.24) is 14.8 Å². The number of thiophene rings is 1. The van der Waals surface area contributed by atoms with Crippen LogP contribution in [0.15, 0.2) is 47.5 Å². The highest BCUT2D eigenvalue weighted by Crippen LogP contribution is 2.40. The van der Waals surface area contributed by atoms with Gasteiger partial charge in [-0.15, -0.1) is 21.5 Å². The first-order valence-corrected chi connectivity index (χ1v) is 12.2. The Morgan fingerprint density at radius 1 is 1.06 bits per heavy atom. The van der Waals surface area contributed by atoms with Crippen LogP contribution < -0.4 is 0 Å². The van der Waals surface area contributed by atoms with Crippen molar-refractivity contribution < 1.29 is 14.6 Å². The van der Waals surface area contributed by atoms with Crippen LogP contribution in [0.2, 0.25) is 0 Å². The van der Waals surface area contributed by atoms with Crippen LogP contribution in [-0.2, 0) is 9.53 Å². The molecule has 8 heteroatoms. The first kappa shape index (κ1) is 23.0. The lowest BCUT2D eigenvalue weighted by atomic mass is 9.95. The topological polar surface area (TPSA) is 89.6 Å². The van der Waals surface area contributed by atoms with E-state index >= 15 is 0 Å². The fraction of sp³-hybridized carbons (Fsp3) is 0.259. The zero-order valence-corrected chi connectivity index (χ0v) is 21.1. The van der Waals surface area contributed by atoms with Gasteiger partial charge in [0, 0.05) is 16.0 Å². The number of benzene rings is 2. The predicted octanol–water partition coefficient (Wildman–Crippen LogP) is 5.39. The van der Waals surface area contributed by atoms with Crippen LogP contribution in [0.5, 0.6) is 5.75 Å². The minimum Gasteiger partial charge on any atom is -0.508 e. The van der Waals surface area contributed by atoms with Crippen LogP contribution in [0.25, 0.3) is 16.1 Å². The lowest BCUT2D eigenvalue weighted by molar-refractivity contribution is -0.141. The van der Waals surface area contributed by atoms with Crippen molar-refractivity contribution in [3.63, 3.8) is 0 Å². The van der Waals surface area contributed by atoms with E-state index in [-0.39, 0.29) is 18.1 Å². The number of nitrogens with zero attached hydrogens (tertiary/aromatic N) is 4. The summed E-state index contributed by atoms with van der Waals surface area (Å²) in [7, 11) is 1.38. The lowest BCUT2D eigenvalue weighted by Gasteiger charge is -2.12. The molecule has 178 valence electrons. The fourth-order valence-electron chi connectivity index (χ4n) is 4.55. The summed E-state index contributed by atoms with van der Waals surface area (Å²) in [4.78, 5) is 18.6. The Morgan fingerprint density at radius 3 is 2.46 bits per heavy atom. The van der Waals surface area contributed by atoms with Crippen molar-refractivity contribution in [2.45, 2.75) is 40.2 Å². The van der Waals surface area contributed by atoms with E-state index in [0.29, 0.717) is 5.82 Å². The second-order valence-corrected chi connectivity index (χ2v) is 9.96. The number of phenolic OH excluding ortho intramolecular Hbond substituents is 1. The maximum Gasteiger partial charge on any atom is 0.308 e. The monoisotopic (exact) mass is 486 g/mol. The first-order valence-electron chi connectivity index (χ1n) is 11.4. The van der Waals surface area contributed by atoms with Crippen LogP contribution >= 0.6 is 11.3 Å². The molecule has 0 aliphatic carbocycles. The summed E-state index contributed by atoms with van der Waals surface area (Å²) in [5, 5.41) is 19.5. The molecule has 7 nitrogen and oxygen atoms in total. The molecule has 1 aliphatic heterocycles. The molecule has 0 saturated carbocycles. The minimum atomic E-state index is -0.517. The van der Waals surface area contributed by atoms with Gasteiger partial charge in [0.25, 0.3) is 0 Å². The number of aromatic nitrogens is 3. The Hall–Kier alpha value is -3.78. The Kier molecular flexibility index (Phi) is 5.76. The summed E-state index contributed by atoms with van der Waals surface area (Å²) in [5.41, 5.74) is 7.09. The zero-order valence-electron chi connectivity index (χ0n) is 20.3. The molecule has 2 aromatic carbocycles. The van der Waals surface area contributed by atoms with Crippen molar-refractivity contribution >= 4 is 23.0 Å². The summed E-state index contributed by atoms with van der Waals surface area (Å²) in [6.07, 6.45) is 0.0793. The molecule has 0 fully saturated rings. The second-order valence-electron chi connectivity index (χ2n) is 8.75. The molecule has 2 aromatic heterocycles. The van der Waals surface area contributed by atoms with Crippen molar-refractivity contribution in [3.8, 4) is 21.9 Å². The SMILES string of the molecule is COC(=O)C[C@@H]1N=C(c2ccc(-c3ccc(O)cc3C)cc2)c2c(sc(C)c2C)-n2c(C)nnc21. The Labute approximate surface area is 207 Å². The third kappa shape index (κ3) is 3.93. The van der Waals surface area contributed by atoms with Gasteiger partial charge in [-0.3, -0.25) is 14.4 Å². The van der Waals surface area contributed by atoms with Crippen LogP contribution in [0.3, 0.4) is 0 Å². The average Bonchev–Trinajstić information content (AvgIpc) is 3.31. The van der Waals surface area contributed by atoms with Crippen LogP contribution in [0, 0.1) is 27.7 Å². The van der Waals surface area contributed by atoms with Crippen molar-refractivity contribution in [3.05, 3.63) is 81.2 Å². The number of rotatable bonds is 4. The predicted molar refractivity (Wildman–Crippen MR) is 137 cm³/mol. The van der Waals surface area contributed by atoms with Gasteiger partial charge in [0.2, 0.25) is 0 Å². The van der Waals surface area contributed by atoms with Gasteiger partial charge < -0.3 is 9.84 Å². The number of aryl methyl sites for hydroxylation is 3. The number of carbonyl (C=O) groups excluding carboxylic acids is 1. The number of hydrogen-bond acceptors (Lipinski definition) is 7. The van der Waals surface area contributed by atoms with E-state index in [2.05, 4.69) is 48.3 Å². The lowest BCUT2D eigenvalue weighted by Crippen LogP contribution is -2.12. The van der Waals surface area contributed by atoms with Gasteiger partial charge in [-0.1, -0.05) is 30.3 Å². The molecule has 0 radical (unpaired) electrons. The van der Waals surface area contributed by atoms with Gasteiger partial charge in [0.05, 0.1) is 19.2 Å². The van der Waals surface area contributed by atoms with Crippen LogP contribution in [0.4, 0.5) is 0 Å². The average molecular weight is 487 g/mol. The molecule has 0 amide bonds. The normalized spacial score (nSPS) is 14.7. The Morgan fingerprint density at radius 2 is 1.77 bits per heavy atom. The summed E-state index contributed by atoms with van der Waals surface area (Å²) < 4.78 is 6.99. The molecule has 1 aliphatic rings. The molecule has 0 bridgehead atoms. The number of phenols is 1. The van der Waals surface area contributed by atoms with Gasteiger partial charge in [0.1, 0.15) is 22.6 Å². The van der Waals surface area contributed by atoms with Gasteiger partial charge >= 0.3 is 5.97 Å². The van der Waals surface area contributed by atoms with Crippen molar-refractivity contribution in [2.75, 3.05) is 7.11 Å². The molecule has 1 atom stereocenters. The summed E-state index contributed by atoms with van der Waals surface area (Å²) in [6, 6.07) is 13.1. The molecule has 3 heterocycles. The first-order chi connectivity index (χ1) is 16.8. The zero-order chi connectivity index (χ0) is 24.9. The van der Waals surface area contributed by atoms with Crippen molar-refractivity contribution in [1.29, 1.82) is 0 Å². The molecule has 1 N–H and O–H groups in total. The number of methoxy groups -OCH3 is 1. The molecular formula is C27H26N4O3S. The molecule has 0 unspecified atom stereocenters. The number of aromatic hydroxyl groups is 1. The number of carbonyl (C=O) groups is 1. The van der Waals surface area contributed by atoms with E-state index < -0.39 is 6.04 Å². The summed E-state index contributed by atoms with van der Waals surface area (Å²) in [6.45, 7) is 8.11. The number of aliphatic imine (C=N–C) groups is 1. The van der Waals surface area contributed by atoms with Gasteiger partial charge in [0.15, 0.2) is 5.82 Å². The van der Waals surface area contributed by atoms with Gasteiger partial charge in [-0.25, -0.2) is 0 Å². The maximum atomic E-state index is 12.3. The van der Waals surface area contributed by atoms with E-state index in [4.69, 9.17) is 9.73 Å². The van der Waals surface area contributed by atoms with Crippen LogP contribution in [0.1, 0.15) is 51.2 Å². The number of fused-ring (bicyclic) bond motifs is 3. The van der Waals surface area contributed by atoms with E-state index in [9.17, 15) is 9.90 Å². The van der Waals surface area contributed by atoms with E-state index in [1.54, 1.807) is 23.5 Å². The van der Waals surface area contributed by atoms with E-state index in [1.807, 2.05) is 24.5 Å². The molecule has 0 saturated heterocycles. The van der Waals surface area contributed by atoms with Gasteiger partial charge in [-0.05, 0) is 62.1 Å². The van der Waals surface area contributed by atoms with E-state index in [1.165, 1.54) is 12.0 Å². The minimum absolute atomic E-state index is 0.0793. The quantitative estimate of drug-likeness (QED) is 0.391. The highest BCUT2D eigenvalue weighted by atomic mass is 32.1. The maximum absolute atomic E-state index is 12.3. The van der Waals surface area contributed by atoms with Crippen molar-refractivity contribution in [2.24, 2.45) is 4.99 Å². The highest BCUT2D eigenvalue weighted by molar-refractivity contribution is 7.15. The fourth-order valence-corrected chi connectivity index (χ4v) is 5.76. The number of hydrogen-bond donors (Lipinski definition) is 1. The summed E-state index contributed by atoms with van der Waals surface area (Å²) in [5.74, 6) is 1.31. The largest absolute Gasteiger partial charge is 0.508 e. The van der Waals surface area contributed by atoms with Crippen LogP contribution in [-0.4, -0.2) is 38.7 Å². The number of esters is 1. The number of ether oxygens (including phenoxy) is 1. The third-order valence-electron chi connectivity index (χ3n) is 6.51. The van der Waals surface area contributed by atoms with Gasteiger partial charge in [-0.2, -0.15) is 0 Å². The van der Waals surface area contributed by atoms with E-state index in [0.717, 1.165) is 49.9 Å².